The number of fused-ring (bicyclic) bond motifs is 1. The second-order valence-corrected chi connectivity index (χ2v) is 4.48. The quantitative estimate of drug-likeness (QED) is 0.469. The molecule has 9 nitrogen and oxygen atoms in total. The lowest BCUT2D eigenvalue weighted by Gasteiger charge is -2.16. The van der Waals surface area contributed by atoms with E-state index in [-0.39, 0.29) is 23.5 Å². The van der Waals surface area contributed by atoms with Crippen LogP contribution in [0.25, 0.3) is 11.2 Å². The number of aromatic nitrogens is 4. The van der Waals surface area contributed by atoms with Gasteiger partial charge in [-0.1, -0.05) is 0 Å². The van der Waals surface area contributed by atoms with Crippen LogP contribution in [0.1, 0.15) is 6.23 Å². The van der Waals surface area contributed by atoms with Gasteiger partial charge in [-0.2, -0.15) is 14.4 Å². The molecule has 3 heterocycles. The van der Waals surface area contributed by atoms with Gasteiger partial charge in [0.15, 0.2) is 23.2 Å². The largest absolute Gasteiger partial charge is 0.387 e. The average molecular weight is 284 g/mol. The molecule has 3 rings (SSSR count). The highest BCUT2D eigenvalue weighted by Gasteiger charge is 2.43. The molecule has 1 aliphatic rings. The lowest BCUT2D eigenvalue weighted by Crippen LogP contribution is -2.35. The number of rotatable bonds is 2. The van der Waals surface area contributed by atoms with Crippen molar-refractivity contribution < 1.29 is 19.3 Å². The number of hydrogen-bond donors (Lipinski definition) is 4. The summed E-state index contributed by atoms with van der Waals surface area (Å²) in [4.78, 5) is 10.9. The predicted molar refractivity (Wildman–Crippen MR) is 64.7 cm³/mol. The Kier molecular flexibility index (Phi) is 3.01. The van der Waals surface area contributed by atoms with E-state index in [9.17, 15) is 14.6 Å². The molecule has 0 radical (unpaired) electrons. The Hall–Kier alpha value is -1.88. The Morgan fingerprint density at radius 1 is 1.35 bits per heavy atom. The molecule has 10 heteroatoms. The van der Waals surface area contributed by atoms with Crippen LogP contribution in [0.5, 0.6) is 0 Å². The van der Waals surface area contributed by atoms with Crippen molar-refractivity contribution in [3.8, 4) is 0 Å². The minimum Gasteiger partial charge on any atom is -0.387 e. The van der Waals surface area contributed by atoms with E-state index in [0.717, 1.165) is 0 Å². The lowest BCUT2D eigenvalue weighted by atomic mass is 10.1. The molecule has 2 aromatic rings. The molecule has 20 heavy (non-hydrogen) atoms. The van der Waals surface area contributed by atoms with Gasteiger partial charge >= 0.3 is 6.08 Å². The molecular formula is C10H13FN6O3. The number of ether oxygens (including phenoxy) is 1. The highest BCUT2D eigenvalue weighted by molar-refractivity contribution is 5.81. The number of anilines is 1. The van der Waals surface area contributed by atoms with Crippen molar-refractivity contribution in [2.24, 2.45) is 5.73 Å². The fourth-order valence-corrected chi connectivity index (χ4v) is 2.25. The van der Waals surface area contributed by atoms with Crippen LogP contribution in [0.3, 0.4) is 0 Å². The Labute approximate surface area is 112 Å². The number of nitrogen functional groups attached to an aromatic ring is 1. The van der Waals surface area contributed by atoms with E-state index >= 15 is 0 Å². The first-order valence-electron chi connectivity index (χ1n) is 5.90. The first-order chi connectivity index (χ1) is 9.52. The molecular weight excluding hydrogens is 271 g/mol. The van der Waals surface area contributed by atoms with Gasteiger partial charge in [-0.25, -0.2) is 4.98 Å². The smallest absolute Gasteiger partial charge is 0.312 e. The van der Waals surface area contributed by atoms with Gasteiger partial charge in [-0.3, -0.25) is 4.57 Å². The number of nitrogens with zero attached hydrogens (tertiary/aromatic N) is 4. The third-order valence-corrected chi connectivity index (χ3v) is 3.26. The molecule has 108 valence electrons. The first-order valence-corrected chi connectivity index (χ1v) is 5.90. The van der Waals surface area contributed by atoms with Crippen LogP contribution in [-0.2, 0) is 4.74 Å². The van der Waals surface area contributed by atoms with Gasteiger partial charge in [-0.15, -0.1) is 0 Å². The standard InChI is InChI=1S/C10H13FN6O3/c11-10-15-7(13)4-8(16-10)17(2-14-4)9-6(19)5(18)3(1-12)20-9/h2-3,5-6,9,18-19H,1,12H2,(H2,13,15,16)/t3-,5-,6+,9-/m1/s1. The van der Waals surface area contributed by atoms with Crippen molar-refractivity contribution in [1.29, 1.82) is 0 Å². The van der Waals surface area contributed by atoms with Crippen LogP contribution < -0.4 is 11.5 Å². The molecule has 6 N–H and O–H groups in total. The summed E-state index contributed by atoms with van der Waals surface area (Å²) in [5.74, 6) is -0.116. The minimum atomic E-state index is -1.24. The second-order valence-electron chi connectivity index (χ2n) is 4.48. The first kappa shape index (κ1) is 13.1. The molecule has 1 saturated heterocycles. The molecule has 1 aliphatic heterocycles. The average Bonchev–Trinajstić information content (AvgIpc) is 2.93. The highest BCUT2D eigenvalue weighted by Crippen LogP contribution is 2.31. The van der Waals surface area contributed by atoms with E-state index in [0.29, 0.717) is 0 Å². The van der Waals surface area contributed by atoms with E-state index in [1.807, 2.05) is 0 Å². The highest BCUT2D eigenvalue weighted by atomic mass is 19.1. The van der Waals surface area contributed by atoms with E-state index in [2.05, 4.69) is 15.0 Å². The monoisotopic (exact) mass is 284 g/mol. The molecule has 0 saturated carbocycles. The summed E-state index contributed by atoms with van der Waals surface area (Å²) < 4.78 is 20.0. The molecule has 0 spiro atoms. The number of hydrogen-bond acceptors (Lipinski definition) is 8. The van der Waals surface area contributed by atoms with Crippen LogP contribution in [0.2, 0.25) is 0 Å². The van der Waals surface area contributed by atoms with Crippen molar-refractivity contribution in [3.05, 3.63) is 12.4 Å². The summed E-state index contributed by atoms with van der Waals surface area (Å²) >= 11 is 0. The molecule has 1 fully saturated rings. The zero-order valence-electron chi connectivity index (χ0n) is 10.2. The van der Waals surface area contributed by atoms with Crippen LogP contribution in [0, 0.1) is 6.08 Å². The molecule has 0 bridgehead atoms. The summed E-state index contributed by atoms with van der Waals surface area (Å²) in [6, 6.07) is 0. The van der Waals surface area contributed by atoms with Gasteiger partial charge in [0, 0.05) is 6.54 Å². The van der Waals surface area contributed by atoms with Gasteiger partial charge in [0.05, 0.1) is 6.33 Å². The minimum absolute atomic E-state index is 0.0346. The fraction of sp³-hybridized carbons (Fsp3) is 0.500. The van der Waals surface area contributed by atoms with E-state index in [1.54, 1.807) is 0 Å². The summed E-state index contributed by atoms with van der Waals surface area (Å²) in [5.41, 5.74) is 11.2. The number of aliphatic hydroxyl groups is 2. The van der Waals surface area contributed by atoms with Gasteiger partial charge in [0.1, 0.15) is 18.3 Å². The number of aliphatic hydroxyl groups excluding tert-OH is 2. The Balaban J connectivity index is 2.07. The molecule has 2 aromatic heterocycles. The third-order valence-electron chi connectivity index (χ3n) is 3.26. The summed E-state index contributed by atoms with van der Waals surface area (Å²) in [7, 11) is 0. The maximum absolute atomic E-state index is 13.2. The molecule has 4 atom stereocenters. The number of nitrogens with two attached hydrogens (primary N) is 2. The summed E-state index contributed by atoms with van der Waals surface area (Å²) in [5, 5.41) is 19.8. The van der Waals surface area contributed by atoms with Crippen LogP contribution in [0.15, 0.2) is 6.33 Å². The molecule has 0 unspecified atom stereocenters. The summed E-state index contributed by atoms with van der Waals surface area (Å²) in [6.45, 7) is 0.0346. The molecule has 0 amide bonds. The molecule has 0 aromatic carbocycles. The van der Waals surface area contributed by atoms with Crippen molar-refractivity contribution >= 4 is 17.0 Å². The predicted octanol–water partition coefficient (Wildman–Crippen LogP) is -1.87. The lowest BCUT2D eigenvalue weighted by molar-refractivity contribution is -0.0322. The van der Waals surface area contributed by atoms with Crippen LogP contribution >= 0.6 is 0 Å². The topological polar surface area (TPSA) is 145 Å². The van der Waals surface area contributed by atoms with Crippen molar-refractivity contribution in [2.75, 3.05) is 12.3 Å². The zero-order valence-corrected chi connectivity index (χ0v) is 10.2. The Bertz CT molecular complexity index is 649. The second kappa shape index (κ2) is 4.59. The van der Waals surface area contributed by atoms with Crippen molar-refractivity contribution in [3.63, 3.8) is 0 Å². The normalized spacial score (nSPS) is 30.2. The molecule has 0 aliphatic carbocycles. The maximum atomic E-state index is 13.2. The Morgan fingerprint density at radius 3 is 2.75 bits per heavy atom. The van der Waals surface area contributed by atoms with Gasteiger partial charge in [-0.05, 0) is 0 Å². The fourth-order valence-electron chi connectivity index (χ4n) is 2.25. The Morgan fingerprint density at radius 2 is 2.10 bits per heavy atom. The van der Waals surface area contributed by atoms with E-state index in [4.69, 9.17) is 16.2 Å². The van der Waals surface area contributed by atoms with Gasteiger partial charge in [0.2, 0.25) is 0 Å². The van der Waals surface area contributed by atoms with E-state index < -0.39 is 30.6 Å². The number of halogens is 1. The third kappa shape index (κ3) is 1.81. The van der Waals surface area contributed by atoms with Crippen LogP contribution in [-0.4, -0.2) is 54.6 Å². The summed E-state index contributed by atoms with van der Waals surface area (Å²) in [6.07, 6.45) is -3.81. The number of imidazole rings is 1. The van der Waals surface area contributed by atoms with E-state index in [1.165, 1.54) is 10.9 Å². The van der Waals surface area contributed by atoms with Gasteiger partial charge in [0.25, 0.3) is 0 Å². The van der Waals surface area contributed by atoms with Gasteiger partial charge < -0.3 is 26.4 Å². The SMILES string of the molecule is NC[C@H]1O[C@@H](n2cnc3c(N)nc(F)nc32)[C@@H](O)[C@@H]1O. The zero-order chi connectivity index (χ0) is 14.4. The van der Waals surface area contributed by atoms with Crippen LogP contribution in [0.4, 0.5) is 10.2 Å². The maximum Gasteiger partial charge on any atom is 0.312 e. The van der Waals surface area contributed by atoms with Crippen molar-refractivity contribution in [2.45, 2.75) is 24.5 Å². The van der Waals surface area contributed by atoms with Crippen molar-refractivity contribution in [1.82, 2.24) is 19.5 Å².